The second-order valence-corrected chi connectivity index (χ2v) is 3.76. The number of methoxy groups -OCH3 is 1. The van der Waals surface area contributed by atoms with Gasteiger partial charge < -0.3 is 15.8 Å². The van der Waals surface area contributed by atoms with Gasteiger partial charge in [-0.3, -0.25) is 4.79 Å². The number of amides is 1. The second kappa shape index (κ2) is 6.14. The summed E-state index contributed by atoms with van der Waals surface area (Å²) < 4.78 is 5.03. The van der Waals surface area contributed by atoms with Crippen LogP contribution >= 0.6 is 11.6 Å². The van der Waals surface area contributed by atoms with E-state index in [-0.39, 0.29) is 12.3 Å². The molecule has 1 unspecified atom stereocenters. The van der Waals surface area contributed by atoms with E-state index in [2.05, 4.69) is 11.2 Å². The Balaban J connectivity index is 2.81. The number of carbonyl (C=O) groups excluding carboxylic acids is 1. The van der Waals surface area contributed by atoms with Gasteiger partial charge in [-0.05, 0) is 12.1 Å². The molecule has 4 nitrogen and oxygen atoms in total. The van der Waals surface area contributed by atoms with Gasteiger partial charge in [0.15, 0.2) is 0 Å². The first kappa shape index (κ1) is 13.4. The Morgan fingerprint density at radius 2 is 2.41 bits per heavy atom. The van der Waals surface area contributed by atoms with E-state index in [9.17, 15) is 4.79 Å². The fourth-order valence-electron chi connectivity index (χ4n) is 1.17. The molecular weight excluding hydrogens is 240 g/mol. The molecule has 0 saturated carbocycles. The third-order valence-electron chi connectivity index (χ3n) is 2.11. The zero-order valence-electron chi connectivity index (χ0n) is 9.37. The van der Waals surface area contributed by atoms with E-state index in [1.807, 2.05) is 0 Å². The molecule has 0 heterocycles. The lowest BCUT2D eigenvalue weighted by atomic mass is 10.2. The van der Waals surface area contributed by atoms with Gasteiger partial charge in [-0.1, -0.05) is 11.6 Å². The van der Waals surface area contributed by atoms with Crippen molar-refractivity contribution >= 4 is 23.2 Å². The number of anilines is 1. The molecule has 3 N–H and O–H groups in total. The number of nitrogens with two attached hydrogens (primary N) is 1. The fourth-order valence-corrected chi connectivity index (χ4v) is 1.34. The first-order valence-electron chi connectivity index (χ1n) is 4.92. The third-order valence-corrected chi connectivity index (χ3v) is 2.44. The maximum Gasteiger partial charge on any atom is 0.242 e. The van der Waals surface area contributed by atoms with E-state index < -0.39 is 6.04 Å². The number of carbonyl (C=O) groups is 1. The predicted molar refractivity (Wildman–Crippen MR) is 68.1 cm³/mol. The van der Waals surface area contributed by atoms with Crippen LogP contribution in [0, 0.1) is 12.3 Å². The summed E-state index contributed by atoms with van der Waals surface area (Å²) >= 11 is 5.93. The minimum Gasteiger partial charge on any atom is -0.497 e. The Kier molecular flexibility index (Phi) is 4.83. The van der Waals surface area contributed by atoms with Crippen LogP contribution in [-0.2, 0) is 4.79 Å². The number of hydrogen-bond acceptors (Lipinski definition) is 3. The van der Waals surface area contributed by atoms with Gasteiger partial charge in [0.2, 0.25) is 5.91 Å². The summed E-state index contributed by atoms with van der Waals surface area (Å²) in [4.78, 5) is 11.6. The first-order chi connectivity index (χ1) is 8.08. The first-order valence-corrected chi connectivity index (χ1v) is 5.29. The van der Waals surface area contributed by atoms with Crippen molar-refractivity contribution in [3.8, 4) is 18.1 Å². The summed E-state index contributed by atoms with van der Waals surface area (Å²) in [5.41, 5.74) is 6.02. The number of benzene rings is 1. The highest BCUT2D eigenvalue weighted by Crippen LogP contribution is 2.26. The van der Waals surface area contributed by atoms with Crippen LogP contribution in [0.25, 0.3) is 0 Å². The Labute approximate surface area is 105 Å². The molecule has 0 aliphatic carbocycles. The van der Waals surface area contributed by atoms with Crippen LogP contribution < -0.4 is 15.8 Å². The molecule has 5 heteroatoms. The number of rotatable bonds is 4. The van der Waals surface area contributed by atoms with Crippen LogP contribution in [0.5, 0.6) is 5.75 Å². The van der Waals surface area contributed by atoms with Crippen molar-refractivity contribution in [1.82, 2.24) is 0 Å². The topological polar surface area (TPSA) is 64.4 Å². The van der Waals surface area contributed by atoms with E-state index in [1.165, 1.54) is 7.11 Å². The van der Waals surface area contributed by atoms with Crippen molar-refractivity contribution in [3.63, 3.8) is 0 Å². The molecule has 1 rings (SSSR count). The van der Waals surface area contributed by atoms with Crippen LogP contribution in [0.1, 0.15) is 6.42 Å². The lowest BCUT2D eigenvalue weighted by molar-refractivity contribution is -0.117. The van der Waals surface area contributed by atoms with Gasteiger partial charge in [0.05, 0.1) is 23.9 Å². The van der Waals surface area contributed by atoms with Crippen molar-refractivity contribution in [2.24, 2.45) is 5.73 Å². The fraction of sp³-hybridized carbons (Fsp3) is 0.250. The van der Waals surface area contributed by atoms with Crippen molar-refractivity contribution in [2.75, 3.05) is 12.4 Å². The van der Waals surface area contributed by atoms with Crippen molar-refractivity contribution in [1.29, 1.82) is 0 Å². The molecule has 0 bridgehead atoms. The maximum atomic E-state index is 11.6. The van der Waals surface area contributed by atoms with E-state index in [1.54, 1.807) is 18.2 Å². The maximum absolute atomic E-state index is 11.6. The van der Waals surface area contributed by atoms with Gasteiger partial charge in [-0.15, -0.1) is 12.3 Å². The van der Waals surface area contributed by atoms with E-state index >= 15 is 0 Å². The van der Waals surface area contributed by atoms with Gasteiger partial charge in [0, 0.05) is 12.5 Å². The highest BCUT2D eigenvalue weighted by atomic mass is 35.5. The molecule has 90 valence electrons. The predicted octanol–water partition coefficient (Wildman–Crippen LogP) is 1.64. The highest BCUT2D eigenvalue weighted by Gasteiger charge is 2.14. The Morgan fingerprint density at radius 1 is 1.71 bits per heavy atom. The number of hydrogen-bond donors (Lipinski definition) is 2. The Hall–Kier alpha value is -1.70. The number of nitrogens with one attached hydrogen (secondary N) is 1. The quantitative estimate of drug-likeness (QED) is 0.801. The molecule has 0 aliphatic rings. The van der Waals surface area contributed by atoms with Gasteiger partial charge in [-0.2, -0.15) is 0 Å². The molecule has 0 saturated heterocycles. The van der Waals surface area contributed by atoms with Crippen LogP contribution in [0.3, 0.4) is 0 Å². The van der Waals surface area contributed by atoms with Crippen molar-refractivity contribution in [2.45, 2.75) is 12.5 Å². The van der Waals surface area contributed by atoms with Gasteiger partial charge in [-0.25, -0.2) is 0 Å². The van der Waals surface area contributed by atoms with Crippen LogP contribution in [-0.4, -0.2) is 19.1 Å². The van der Waals surface area contributed by atoms with Crippen LogP contribution in [0.2, 0.25) is 5.02 Å². The molecule has 0 spiro atoms. The lowest BCUT2D eigenvalue weighted by Crippen LogP contribution is -2.35. The summed E-state index contributed by atoms with van der Waals surface area (Å²) in [6, 6.07) is 4.19. The SMILES string of the molecule is C#CCC(N)C(=O)Nc1cc(OC)ccc1Cl. The molecule has 1 aromatic carbocycles. The molecule has 0 fully saturated rings. The monoisotopic (exact) mass is 252 g/mol. The molecule has 17 heavy (non-hydrogen) atoms. The molecule has 0 aliphatic heterocycles. The van der Waals surface area contributed by atoms with E-state index in [4.69, 9.17) is 28.5 Å². The third kappa shape index (κ3) is 3.66. The molecule has 0 radical (unpaired) electrons. The Bertz CT molecular complexity index is 454. The number of ether oxygens (including phenoxy) is 1. The molecular formula is C12H13ClN2O2. The summed E-state index contributed by atoms with van der Waals surface area (Å²) in [6.45, 7) is 0. The summed E-state index contributed by atoms with van der Waals surface area (Å²) in [7, 11) is 1.53. The molecule has 1 atom stereocenters. The standard InChI is InChI=1S/C12H13ClN2O2/c1-3-4-10(14)12(16)15-11-7-8(17-2)5-6-9(11)13/h1,5-7,10H,4,14H2,2H3,(H,15,16). The number of terminal acetylenes is 1. The molecule has 1 aromatic rings. The average molecular weight is 253 g/mol. The van der Waals surface area contributed by atoms with Crippen molar-refractivity contribution in [3.05, 3.63) is 23.2 Å². The summed E-state index contributed by atoms with van der Waals surface area (Å²) in [5, 5.41) is 3.01. The zero-order chi connectivity index (χ0) is 12.8. The average Bonchev–Trinajstić information content (AvgIpc) is 2.32. The minimum atomic E-state index is -0.748. The van der Waals surface area contributed by atoms with Gasteiger partial charge in [0.25, 0.3) is 0 Å². The summed E-state index contributed by atoms with van der Waals surface area (Å²) in [5.74, 6) is 2.54. The van der Waals surface area contributed by atoms with E-state index in [0.717, 1.165) is 0 Å². The van der Waals surface area contributed by atoms with Crippen LogP contribution in [0.15, 0.2) is 18.2 Å². The Morgan fingerprint density at radius 3 is 3.00 bits per heavy atom. The largest absolute Gasteiger partial charge is 0.497 e. The molecule has 1 amide bonds. The van der Waals surface area contributed by atoms with E-state index in [0.29, 0.717) is 16.5 Å². The van der Waals surface area contributed by atoms with Crippen molar-refractivity contribution < 1.29 is 9.53 Å². The zero-order valence-corrected chi connectivity index (χ0v) is 10.1. The van der Waals surface area contributed by atoms with Gasteiger partial charge in [0.1, 0.15) is 5.75 Å². The molecule has 0 aromatic heterocycles. The lowest BCUT2D eigenvalue weighted by Gasteiger charge is -2.12. The number of halogens is 1. The normalized spacial score (nSPS) is 11.4. The van der Waals surface area contributed by atoms with Gasteiger partial charge >= 0.3 is 0 Å². The minimum absolute atomic E-state index is 0.174. The highest BCUT2D eigenvalue weighted by molar-refractivity contribution is 6.33. The second-order valence-electron chi connectivity index (χ2n) is 3.35. The van der Waals surface area contributed by atoms with Crippen LogP contribution in [0.4, 0.5) is 5.69 Å². The smallest absolute Gasteiger partial charge is 0.242 e. The summed E-state index contributed by atoms with van der Waals surface area (Å²) in [6.07, 6.45) is 5.25.